The van der Waals surface area contributed by atoms with Gasteiger partial charge in [-0.05, 0) is 60.7 Å². The summed E-state index contributed by atoms with van der Waals surface area (Å²) in [5, 5.41) is 3.04. The van der Waals surface area contributed by atoms with Gasteiger partial charge < -0.3 is 15.0 Å². The molecule has 1 unspecified atom stereocenters. The predicted molar refractivity (Wildman–Crippen MR) is 148 cm³/mol. The van der Waals surface area contributed by atoms with Crippen molar-refractivity contribution in [2.24, 2.45) is 0 Å². The number of halogens is 1. The minimum absolute atomic E-state index is 0.147. The van der Waals surface area contributed by atoms with Crippen molar-refractivity contribution in [1.29, 1.82) is 0 Å². The Morgan fingerprint density at radius 2 is 1.69 bits per heavy atom. The fourth-order valence-electron chi connectivity index (χ4n) is 4.00. The number of rotatable bonds is 12. The zero-order valence-corrected chi connectivity index (χ0v) is 22.9. The molecule has 0 aliphatic heterocycles. The largest absolute Gasteiger partial charge is 0.483 e. The molecule has 0 aliphatic carbocycles. The van der Waals surface area contributed by atoms with E-state index >= 15 is 0 Å². The SMILES string of the molecule is CCCCNC(=O)C(Cc1ccccc1)N(Cc1cccc(Br)c1)C(=O)COc1cccc(C)c1C. The maximum atomic E-state index is 13.7. The molecule has 0 spiro atoms. The number of hydrogen-bond donors (Lipinski definition) is 1. The molecular formula is C30H35BrN2O3. The van der Waals surface area contributed by atoms with Crippen LogP contribution in [0.5, 0.6) is 5.75 Å². The first kappa shape index (κ1) is 27.5. The average molecular weight is 552 g/mol. The van der Waals surface area contributed by atoms with Gasteiger partial charge in [-0.2, -0.15) is 0 Å². The number of nitrogens with zero attached hydrogens (tertiary/aromatic N) is 1. The summed E-state index contributed by atoms with van der Waals surface area (Å²) < 4.78 is 6.89. The minimum atomic E-state index is -0.669. The minimum Gasteiger partial charge on any atom is -0.483 e. The first-order valence-electron chi connectivity index (χ1n) is 12.4. The third-order valence-corrected chi connectivity index (χ3v) is 6.74. The fraction of sp³-hybridized carbons (Fsp3) is 0.333. The van der Waals surface area contributed by atoms with Crippen LogP contribution in [0.4, 0.5) is 0 Å². The Morgan fingerprint density at radius 3 is 2.42 bits per heavy atom. The molecule has 36 heavy (non-hydrogen) atoms. The summed E-state index contributed by atoms with van der Waals surface area (Å²) in [6, 6.07) is 22.8. The molecule has 0 heterocycles. The van der Waals surface area contributed by atoms with E-state index in [-0.39, 0.29) is 18.4 Å². The van der Waals surface area contributed by atoms with E-state index in [4.69, 9.17) is 4.74 Å². The van der Waals surface area contributed by atoms with Crippen molar-refractivity contribution in [3.05, 3.63) is 99.5 Å². The quantitative estimate of drug-likeness (QED) is 0.281. The van der Waals surface area contributed by atoms with Crippen molar-refractivity contribution in [3.8, 4) is 5.75 Å². The fourth-order valence-corrected chi connectivity index (χ4v) is 4.44. The maximum absolute atomic E-state index is 13.7. The molecule has 0 aliphatic rings. The normalized spacial score (nSPS) is 11.6. The van der Waals surface area contributed by atoms with E-state index in [9.17, 15) is 9.59 Å². The standard InChI is InChI=1S/C30H35BrN2O3/c1-4-5-17-32-30(35)27(19-24-12-7-6-8-13-24)33(20-25-14-10-15-26(31)18-25)29(34)21-36-28-16-9-11-22(2)23(28)3/h6-16,18,27H,4-5,17,19-21H2,1-3H3,(H,32,35). The molecule has 5 nitrogen and oxygen atoms in total. The third-order valence-electron chi connectivity index (χ3n) is 6.25. The van der Waals surface area contributed by atoms with Crippen molar-refractivity contribution in [2.75, 3.05) is 13.2 Å². The van der Waals surface area contributed by atoms with Gasteiger partial charge in [0.15, 0.2) is 6.61 Å². The van der Waals surface area contributed by atoms with Gasteiger partial charge in [0.2, 0.25) is 5.91 Å². The molecule has 190 valence electrons. The number of aryl methyl sites for hydroxylation is 1. The molecule has 3 aromatic rings. The number of unbranched alkanes of at least 4 members (excludes halogenated alkanes) is 1. The summed E-state index contributed by atoms with van der Waals surface area (Å²) in [6.07, 6.45) is 2.29. The van der Waals surface area contributed by atoms with Gasteiger partial charge in [-0.1, -0.05) is 83.9 Å². The summed E-state index contributed by atoms with van der Waals surface area (Å²) in [7, 11) is 0. The van der Waals surface area contributed by atoms with Gasteiger partial charge in [-0.15, -0.1) is 0 Å². The molecule has 2 amide bonds. The molecule has 3 aromatic carbocycles. The van der Waals surface area contributed by atoms with Crippen LogP contribution < -0.4 is 10.1 Å². The van der Waals surface area contributed by atoms with Crippen molar-refractivity contribution < 1.29 is 14.3 Å². The molecule has 0 radical (unpaired) electrons. The summed E-state index contributed by atoms with van der Waals surface area (Å²) in [6.45, 7) is 6.81. The van der Waals surface area contributed by atoms with Crippen LogP contribution in [-0.4, -0.2) is 35.9 Å². The van der Waals surface area contributed by atoms with E-state index in [0.717, 1.165) is 39.6 Å². The molecule has 0 bridgehead atoms. The maximum Gasteiger partial charge on any atom is 0.261 e. The summed E-state index contributed by atoms with van der Waals surface area (Å²) in [5.74, 6) is 0.294. The van der Waals surface area contributed by atoms with E-state index < -0.39 is 6.04 Å². The lowest BCUT2D eigenvalue weighted by molar-refractivity contribution is -0.142. The number of carbonyl (C=O) groups excluding carboxylic acids is 2. The van der Waals surface area contributed by atoms with E-state index in [1.54, 1.807) is 4.90 Å². The van der Waals surface area contributed by atoms with Crippen molar-refractivity contribution in [2.45, 2.75) is 52.6 Å². The first-order valence-corrected chi connectivity index (χ1v) is 13.2. The highest BCUT2D eigenvalue weighted by molar-refractivity contribution is 9.10. The highest BCUT2D eigenvalue weighted by Gasteiger charge is 2.30. The van der Waals surface area contributed by atoms with Gasteiger partial charge in [-0.25, -0.2) is 0 Å². The van der Waals surface area contributed by atoms with Crippen LogP contribution in [-0.2, 0) is 22.6 Å². The third kappa shape index (κ3) is 7.95. The van der Waals surface area contributed by atoms with Crippen LogP contribution >= 0.6 is 15.9 Å². The Balaban J connectivity index is 1.90. The molecule has 0 fully saturated rings. The molecule has 6 heteroatoms. The lowest BCUT2D eigenvalue weighted by Crippen LogP contribution is -2.51. The van der Waals surface area contributed by atoms with E-state index in [1.807, 2.05) is 86.6 Å². The Morgan fingerprint density at radius 1 is 0.972 bits per heavy atom. The number of hydrogen-bond acceptors (Lipinski definition) is 3. The first-order chi connectivity index (χ1) is 17.4. The van der Waals surface area contributed by atoms with Crippen LogP contribution in [0.1, 0.15) is 42.0 Å². The molecule has 1 N–H and O–H groups in total. The molecule has 0 saturated carbocycles. The highest BCUT2D eigenvalue weighted by Crippen LogP contribution is 2.22. The monoisotopic (exact) mass is 550 g/mol. The summed E-state index contributed by atoms with van der Waals surface area (Å²) in [5.41, 5.74) is 4.03. The molecular weight excluding hydrogens is 516 g/mol. The second-order valence-corrected chi connectivity index (χ2v) is 9.90. The molecule has 0 aromatic heterocycles. The van der Waals surface area contributed by atoms with Crippen LogP contribution in [0.3, 0.4) is 0 Å². The summed E-state index contributed by atoms with van der Waals surface area (Å²) in [4.78, 5) is 28.8. The summed E-state index contributed by atoms with van der Waals surface area (Å²) >= 11 is 3.52. The molecule has 0 saturated heterocycles. The Kier molecular flexibility index (Phi) is 10.6. The average Bonchev–Trinajstić information content (AvgIpc) is 2.87. The van der Waals surface area contributed by atoms with Gasteiger partial charge in [0.1, 0.15) is 11.8 Å². The lowest BCUT2D eigenvalue weighted by Gasteiger charge is -2.31. The smallest absolute Gasteiger partial charge is 0.261 e. The van der Waals surface area contributed by atoms with Crippen molar-refractivity contribution in [3.63, 3.8) is 0 Å². The van der Waals surface area contributed by atoms with E-state index in [1.165, 1.54) is 0 Å². The zero-order valence-electron chi connectivity index (χ0n) is 21.3. The van der Waals surface area contributed by atoms with Crippen molar-refractivity contribution >= 4 is 27.7 Å². The van der Waals surface area contributed by atoms with Gasteiger partial charge in [0.25, 0.3) is 5.91 Å². The molecule has 1 atom stereocenters. The Bertz CT molecular complexity index is 1150. The van der Waals surface area contributed by atoms with Crippen molar-refractivity contribution in [1.82, 2.24) is 10.2 Å². The van der Waals surface area contributed by atoms with Gasteiger partial charge in [-0.3, -0.25) is 9.59 Å². The number of benzene rings is 3. The second kappa shape index (κ2) is 13.8. The van der Waals surface area contributed by atoms with Crippen LogP contribution in [0.15, 0.2) is 77.3 Å². The van der Waals surface area contributed by atoms with Crippen LogP contribution in [0.25, 0.3) is 0 Å². The lowest BCUT2D eigenvalue weighted by atomic mass is 10.0. The van der Waals surface area contributed by atoms with E-state index in [2.05, 4.69) is 28.2 Å². The highest BCUT2D eigenvalue weighted by atomic mass is 79.9. The number of carbonyl (C=O) groups is 2. The molecule has 3 rings (SSSR count). The zero-order chi connectivity index (χ0) is 25.9. The van der Waals surface area contributed by atoms with Crippen LogP contribution in [0.2, 0.25) is 0 Å². The van der Waals surface area contributed by atoms with Gasteiger partial charge >= 0.3 is 0 Å². The number of nitrogens with one attached hydrogen (secondary N) is 1. The predicted octanol–water partition coefficient (Wildman–Crippen LogP) is 6.00. The number of amides is 2. The number of ether oxygens (including phenoxy) is 1. The topological polar surface area (TPSA) is 58.6 Å². The van der Waals surface area contributed by atoms with Gasteiger partial charge in [0.05, 0.1) is 0 Å². The Labute approximate surface area is 223 Å². The van der Waals surface area contributed by atoms with E-state index in [0.29, 0.717) is 25.3 Å². The second-order valence-electron chi connectivity index (χ2n) is 8.99. The Hall–Kier alpha value is -3.12. The van der Waals surface area contributed by atoms with Gasteiger partial charge in [0, 0.05) is 24.0 Å². The van der Waals surface area contributed by atoms with Crippen LogP contribution in [0, 0.1) is 13.8 Å².